The number of nitriles is 1. The number of carbonyl (C=O) groups is 1. The van der Waals surface area contributed by atoms with Gasteiger partial charge in [-0.25, -0.2) is 9.37 Å². The van der Waals surface area contributed by atoms with Crippen molar-refractivity contribution in [3.05, 3.63) is 53.9 Å². The highest BCUT2D eigenvalue weighted by atomic mass is 19.1. The third-order valence-corrected chi connectivity index (χ3v) is 2.24. The van der Waals surface area contributed by atoms with Crippen molar-refractivity contribution in [3.8, 4) is 6.07 Å². The smallest absolute Gasteiger partial charge is 0.182 e. The molecule has 0 amide bonds. The quantitative estimate of drug-likeness (QED) is 0.754. The van der Waals surface area contributed by atoms with Gasteiger partial charge in [0.05, 0.1) is 12.9 Å². The van der Waals surface area contributed by atoms with E-state index in [1.54, 1.807) is 0 Å². The molecule has 0 aliphatic carbocycles. The molecule has 0 N–H and O–H groups in total. The van der Waals surface area contributed by atoms with Gasteiger partial charge in [0.15, 0.2) is 11.5 Å². The predicted octanol–water partition coefficient (Wildman–Crippen LogP) is 1.78. The Morgan fingerprint density at radius 1 is 1.41 bits per heavy atom. The summed E-state index contributed by atoms with van der Waals surface area (Å²) < 4.78 is 14.2. The molecule has 5 heteroatoms. The van der Waals surface area contributed by atoms with Crippen LogP contribution in [0.1, 0.15) is 16.1 Å². The molecule has 0 saturated carbocycles. The van der Waals surface area contributed by atoms with Crippen molar-refractivity contribution in [3.63, 3.8) is 0 Å². The number of hydrogen-bond acceptors (Lipinski definition) is 3. The average Bonchev–Trinajstić information content (AvgIpc) is 2.77. The number of halogens is 1. The summed E-state index contributed by atoms with van der Waals surface area (Å²) in [6.45, 7) is 0.0836. The van der Waals surface area contributed by atoms with E-state index in [2.05, 4.69) is 4.98 Å². The van der Waals surface area contributed by atoms with Crippen LogP contribution >= 0.6 is 0 Å². The van der Waals surface area contributed by atoms with Crippen LogP contribution in [0.3, 0.4) is 0 Å². The van der Waals surface area contributed by atoms with Crippen molar-refractivity contribution in [1.29, 1.82) is 5.26 Å². The van der Waals surface area contributed by atoms with Crippen LogP contribution in [0.4, 0.5) is 4.39 Å². The molecule has 17 heavy (non-hydrogen) atoms. The Labute approximate surface area is 96.9 Å². The number of carbonyl (C=O) groups excluding carboxylic acids is 1. The first kappa shape index (κ1) is 11.0. The molecule has 1 aromatic heterocycles. The third kappa shape index (κ3) is 2.55. The minimum absolute atomic E-state index is 0.0836. The number of hydrogen-bond donors (Lipinski definition) is 0. The molecule has 0 saturated heterocycles. The van der Waals surface area contributed by atoms with Crippen LogP contribution in [0, 0.1) is 17.1 Å². The molecule has 0 aliphatic heterocycles. The first-order valence-electron chi connectivity index (χ1n) is 4.89. The van der Waals surface area contributed by atoms with Crippen LogP contribution in [0.25, 0.3) is 0 Å². The molecule has 2 aromatic rings. The predicted molar refractivity (Wildman–Crippen MR) is 57.7 cm³/mol. The molecule has 0 unspecified atom stereocenters. The van der Waals surface area contributed by atoms with E-state index in [0.717, 1.165) is 0 Å². The van der Waals surface area contributed by atoms with Gasteiger partial charge in [-0.3, -0.25) is 4.79 Å². The van der Waals surface area contributed by atoms with Crippen LogP contribution in [0.2, 0.25) is 0 Å². The fraction of sp³-hybridized carbons (Fsp3) is 0.0833. The molecule has 0 spiro atoms. The number of rotatable bonds is 3. The summed E-state index contributed by atoms with van der Waals surface area (Å²) in [4.78, 5) is 15.6. The van der Waals surface area contributed by atoms with Gasteiger partial charge in [-0.2, -0.15) is 5.26 Å². The van der Waals surface area contributed by atoms with Gasteiger partial charge in [0.1, 0.15) is 11.9 Å². The Kier molecular flexibility index (Phi) is 2.97. The van der Waals surface area contributed by atoms with Crippen molar-refractivity contribution in [1.82, 2.24) is 9.55 Å². The molecule has 84 valence electrons. The van der Waals surface area contributed by atoms with E-state index in [1.165, 1.54) is 41.4 Å². The molecule has 0 radical (unpaired) electrons. The first-order chi connectivity index (χ1) is 8.19. The Bertz CT molecular complexity index is 581. The van der Waals surface area contributed by atoms with Gasteiger partial charge in [-0.05, 0) is 24.3 Å². The number of imidazole rings is 1. The number of Topliss-reactive ketones (excluding diaryl/α,β-unsaturated/α-hetero) is 1. The van der Waals surface area contributed by atoms with Gasteiger partial charge < -0.3 is 4.57 Å². The van der Waals surface area contributed by atoms with Gasteiger partial charge in [-0.1, -0.05) is 0 Å². The molecule has 1 aromatic carbocycles. The average molecular weight is 229 g/mol. The maximum Gasteiger partial charge on any atom is 0.182 e. The van der Waals surface area contributed by atoms with Gasteiger partial charge in [0.25, 0.3) is 0 Å². The Morgan fingerprint density at radius 2 is 2.12 bits per heavy atom. The maximum absolute atomic E-state index is 12.7. The van der Waals surface area contributed by atoms with Crippen LogP contribution in [0.15, 0.2) is 36.8 Å². The van der Waals surface area contributed by atoms with Crippen LogP contribution < -0.4 is 0 Å². The van der Waals surface area contributed by atoms with Gasteiger partial charge in [0, 0.05) is 11.8 Å². The molecule has 1 heterocycles. The van der Waals surface area contributed by atoms with Crippen LogP contribution in [0.5, 0.6) is 0 Å². The van der Waals surface area contributed by atoms with Crippen molar-refractivity contribution in [2.24, 2.45) is 0 Å². The first-order valence-corrected chi connectivity index (χ1v) is 4.89. The highest BCUT2D eigenvalue weighted by molar-refractivity contribution is 5.95. The zero-order chi connectivity index (χ0) is 12.3. The van der Waals surface area contributed by atoms with E-state index in [-0.39, 0.29) is 23.8 Å². The lowest BCUT2D eigenvalue weighted by Crippen LogP contribution is -2.08. The van der Waals surface area contributed by atoms with Crippen LogP contribution in [-0.2, 0) is 6.54 Å². The lowest BCUT2D eigenvalue weighted by Gasteiger charge is -2.01. The van der Waals surface area contributed by atoms with Gasteiger partial charge in [-0.15, -0.1) is 0 Å². The molecule has 2 rings (SSSR count). The Hall–Kier alpha value is -2.48. The lowest BCUT2D eigenvalue weighted by molar-refractivity contribution is 0.0972. The number of benzene rings is 1. The number of aromatic nitrogens is 2. The molecular formula is C12H8FN3O. The van der Waals surface area contributed by atoms with Gasteiger partial charge >= 0.3 is 0 Å². The van der Waals surface area contributed by atoms with E-state index >= 15 is 0 Å². The molecule has 0 bridgehead atoms. The minimum atomic E-state index is -0.379. The van der Waals surface area contributed by atoms with E-state index < -0.39 is 0 Å². The largest absolute Gasteiger partial charge is 0.328 e. The van der Waals surface area contributed by atoms with Crippen molar-refractivity contribution in [2.75, 3.05) is 0 Å². The minimum Gasteiger partial charge on any atom is -0.328 e. The molecule has 0 fully saturated rings. The van der Waals surface area contributed by atoms with Crippen molar-refractivity contribution in [2.45, 2.75) is 6.54 Å². The van der Waals surface area contributed by atoms with E-state index in [1.807, 2.05) is 6.07 Å². The topological polar surface area (TPSA) is 58.7 Å². The van der Waals surface area contributed by atoms with Crippen molar-refractivity contribution >= 4 is 5.78 Å². The SMILES string of the molecule is N#Cc1cn(CC(=O)c2ccc(F)cc2)cn1. The van der Waals surface area contributed by atoms with E-state index in [0.29, 0.717) is 5.56 Å². The maximum atomic E-state index is 12.7. The highest BCUT2D eigenvalue weighted by Gasteiger charge is 2.07. The summed E-state index contributed by atoms with van der Waals surface area (Å²) >= 11 is 0. The van der Waals surface area contributed by atoms with Gasteiger partial charge in [0.2, 0.25) is 0 Å². The molecule has 4 nitrogen and oxygen atoms in total. The second kappa shape index (κ2) is 4.58. The Morgan fingerprint density at radius 3 is 2.71 bits per heavy atom. The summed E-state index contributed by atoms with van der Waals surface area (Å²) in [5, 5.41) is 8.58. The molecule has 0 aliphatic rings. The number of ketones is 1. The summed E-state index contributed by atoms with van der Waals surface area (Å²) in [6.07, 6.45) is 2.90. The fourth-order valence-corrected chi connectivity index (χ4v) is 1.40. The molecule has 0 atom stereocenters. The monoisotopic (exact) mass is 229 g/mol. The summed E-state index contributed by atoms with van der Waals surface area (Å²) in [5.74, 6) is -0.539. The Balaban J connectivity index is 2.11. The zero-order valence-electron chi connectivity index (χ0n) is 8.80. The van der Waals surface area contributed by atoms with E-state index in [4.69, 9.17) is 5.26 Å². The second-order valence-electron chi connectivity index (χ2n) is 3.47. The fourth-order valence-electron chi connectivity index (χ4n) is 1.40. The standard InChI is InChI=1S/C12H8FN3O/c13-10-3-1-9(2-4-10)12(17)7-16-6-11(5-14)15-8-16/h1-4,6,8H,7H2. The summed E-state index contributed by atoms with van der Waals surface area (Å²) in [7, 11) is 0. The lowest BCUT2D eigenvalue weighted by atomic mass is 10.1. The normalized spacial score (nSPS) is 9.88. The highest BCUT2D eigenvalue weighted by Crippen LogP contribution is 2.05. The summed E-state index contributed by atoms with van der Waals surface area (Å²) in [6, 6.07) is 7.21. The summed E-state index contributed by atoms with van der Waals surface area (Å²) in [5.41, 5.74) is 0.690. The second-order valence-corrected chi connectivity index (χ2v) is 3.47. The number of nitrogens with zero attached hydrogens (tertiary/aromatic N) is 3. The zero-order valence-corrected chi connectivity index (χ0v) is 8.80. The van der Waals surface area contributed by atoms with Crippen molar-refractivity contribution < 1.29 is 9.18 Å². The van der Waals surface area contributed by atoms with E-state index in [9.17, 15) is 9.18 Å². The molecular weight excluding hydrogens is 221 g/mol. The third-order valence-electron chi connectivity index (χ3n) is 2.24. The van der Waals surface area contributed by atoms with Crippen LogP contribution in [-0.4, -0.2) is 15.3 Å².